The zero-order valence-corrected chi connectivity index (χ0v) is 11.3. The molecule has 0 bridgehead atoms. The molecule has 0 saturated heterocycles. The van der Waals surface area contributed by atoms with E-state index in [1.165, 1.54) is 11.3 Å². The maximum Gasteiger partial charge on any atom is 0.174 e. The van der Waals surface area contributed by atoms with Crippen molar-refractivity contribution in [2.75, 3.05) is 7.11 Å². The molecule has 0 aliphatic rings. The summed E-state index contributed by atoms with van der Waals surface area (Å²) in [5, 5.41) is 0.933. The van der Waals surface area contributed by atoms with E-state index >= 15 is 0 Å². The lowest BCUT2D eigenvalue weighted by Gasteiger charge is -2.02. The van der Waals surface area contributed by atoms with Gasteiger partial charge < -0.3 is 4.74 Å². The summed E-state index contributed by atoms with van der Waals surface area (Å²) in [6.45, 7) is 1.91. The van der Waals surface area contributed by atoms with Crippen LogP contribution >= 0.6 is 11.3 Å². The molecule has 4 heteroatoms. The van der Waals surface area contributed by atoms with E-state index in [1.54, 1.807) is 13.3 Å². The standard InChI is InChI=1S/C14H15NO2S/c1-10-15-9-14(18-10)13(16)8-5-11-3-6-12(17-2)7-4-11/h3-4,6-7,9H,5,8H2,1-2H3. The lowest BCUT2D eigenvalue weighted by Crippen LogP contribution is -1.98. The molecule has 0 N–H and O–H groups in total. The molecule has 2 rings (SSSR count). The molecule has 18 heavy (non-hydrogen) atoms. The predicted octanol–water partition coefficient (Wildman–Crippen LogP) is 3.28. The number of benzene rings is 1. The van der Waals surface area contributed by atoms with Gasteiger partial charge in [0.25, 0.3) is 0 Å². The van der Waals surface area contributed by atoms with Crippen LogP contribution in [0.5, 0.6) is 5.75 Å². The first kappa shape index (κ1) is 12.8. The number of carbonyl (C=O) groups excluding carboxylic acids is 1. The maximum absolute atomic E-state index is 11.9. The lowest BCUT2D eigenvalue weighted by molar-refractivity contribution is 0.0986. The molecule has 1 heterocycles. The molecular weight excluding hydrogens is 246 g/mol. The Balaban J connectivity index is 1.92. The molecule has 0 radical (unpaired) electrons. The van der Waals surface area contributed by atoms with Gasteiger partial charge in [0.15, 0.2) is 5.78 Å². The molecule has 94 valence electrons. The van der Waals surface area contributed by atoms with E-state index < -0.39 is 0 Å². The molecular formula is C14H15NO2S. The number of carbonyl (C=O) groups is 1. The summed E-state index contributed by atoms with van der Waals surface area (Å²) < 4.78 is 5.09. The quantitative estimate of drug-likeness (QED) is 0.775. The summed E-state index contributed by atoms with van der Waals surface area (Å²) in [5.74, 6) is 1.000. The average Bonchev–Trinajstić information content (AvgIpc) is 2.83. The van der Waals surface area contributed by atoms with Gasteiger partial charge in [0.1, 0.15) is 5.75 Å². The van der Waals surface area contributed by atoms with Crippen molar-refractivity contribution in [3.8, 4) is 5.75 Å². The highest BCUT2D eigenvalue weighted by Crippen LogP contribution is 2.16. The molecule has 1 aromatic heterocycles. The summed E-state index contributed by atoms with van der Waals surface area (Å²) in [6.07, 6.45) is 2.93. The number of methoxy groups -OCH3 is 1. The fraction of sp³-hybridized carbons (Fsp3) is 0.286. The Kier molecular flexibility index (Phi) is 4.10. The van der Waals surface area contributed by atoms with Crippen LogP contribution in [0.2, 0.25) is 0 Å². The maximum atomic E-state index is 11.9. The zero-order valence-electron chi connectivity index (χ0n) is 10.5. The minimum atomic E-state index is 0.163. The van der Waals surface area contributed by atoms with Crippen LogP contribution in [0.1, 0.15) is 26.7 Å². The number of ketones is 1. The van der Waals surface area contributed by atoms with Gasteiger partial charge in [0, 0.05) is 12.6 Å². The molecule has 0 atom stereocenters. The summed E-state index contributed by atoms with van der Waals surface area (Å²) in [7, 11) is 1.64. The molecule has 1 aromatic carbocycles. The number of rotatable bonds is 5. The number of thiazole rings is 1. The van der Waals surface area contributed by atoms with E-state index in [0.29, 0.717) is 6.42 Å². The summed E-state index contributed by atoms with van der Waals surface area (Å²) in [5.41, 5.74) is 1.14. The van der Waals surface area contributed by atoms with Crippen molar-refractivity contribution >= 4 is 17.1 Å². The predicted molar refractivity (Wildman–Crippen MR) is 72.5 cm³/mol. The van der Waals surface area contributed by atoms with Crippen LogP contribution < -0.4 is 4.74 Å². The Labute approximate surface area is 110 Å². The number of aryl methyl sites for hydroxylation is 2. The molecule has 3 nitrogen and oxygen atoms in total. The van der Waals surface area contributed by atoms with Crippen molar-refractivity contribution in [1.29, 1.82) is 0 Å². The molecule has 0 aliphatic heterocycles. The fourth-order valence-electron chi connectivity index (χ4n) is 1.66. The van der Waals surface area contributed by atoms with E-state index in [-0.39, 0.29) is 5.78 Å². The SMILES string of the molecule is COc1ccc(CCC(=O)c2cnc(C)s2)cc1. The van der Waals surface area contributed by atoms with Crippen LogP contribution in [0.3, 0.4) is 0 Å². The van der Waals surface area contributed by atoms with Gasteiger partial charge in [-0.2, -0.15) is 0 Å². The highest BCUT2D eigenvalue weighted by atomic mass is 32.1. The van der Waals surface area contributed by atoms with Crippen LogP contribution in [0, 0.1) is 6.92 Å². The minimum Gasteiger partial charge on any atom is -0.497 e. The Hall–Kier alpha value is -1.68. The van der Waals surface area contributed by atoms with Gasteiger partial charge in [-0.1, -0.05) is 12.1 Å². The van der Waals surface area contributed by atoms with E-state index in [0.717, 1.165) is 27.6 Å². The van der Waals surface area contributed by atoms with E-state index in [2.05, 4.69) is 4.98 Å². The minimum absolute atomic E-state index is 0.163. The van der Waals surface area contributed by atoms with Gasteiger partial charge >= 0.3 is 0 Å². The van der Waals surface area contributed by atoms with Gasteiger partial charge in [-0.15, -0.1) is 11.3 Å². The summed E-state index contributed by atoms with van der Waals surface area (Å²) in [4.78, 5) is 16.7. The number of aromatic nitrogens is 1. The Morgan fingerprint density at radius 2 is 2.06 bits per heavy atom. The van der Waals surface area contributed by atoms with E-state index in [4.69, 9.17) is 4.74 Å². The molecule has 0 spiro atoms. The van der Waals surface area contributed by atoms with Crippen molar-refractivity contribution in [3.63, 3.8) is 0 Å². The van der Waals surface area contributed by atoms with Crippen LogP contribution in [0.4, 0.5) is 0 Å². The van der Waals surface area contributed by atoms with Gasteiger partial charge in [-0.25, -0.2) is 4.98 Å². The van der Waals surface area contributed by atoms with Crippen molar-refractivity contribution in [3.05, 3.63) is 45.9 Å². The Morgan fingerprint density at radius 3 is 2.61 bits per heavy atom. The Morgan fingerprint density at radius 1 is 1.33 bits per heavy atom. The first-order valence-corrected chi connectivity index (χ1v) is 6.59. The number of nitrogens with zero attached hydrogens (tertiary/aromatic N) is 1. The third-order valence-electron chi connectivity index (χ3n) is 2.70. The normalized spacial score (nSPS) is 10.3. The highest BCUT2D eigenvalue weighted by Gasteiger charge is 2.09. The van der Waals surface area contributed by atoms with Gasteiger partial charge in [0.05, 0.1) is 17.0 Å². The van der Waals surface area contributed by atoms with Crippen LogP contribution in [-0.2, 0) is 6.42 Å². The number of ether oxygens (including phenoxy) is 1. The van der Waals surface area contributed by atoms with Crippen molar-refractivity contribution in [2.45, 2.75) is 19.8 Å². The van der Waals surface area contributed by atoms with Crippen LogP contribution in [0.15, 0.2) is 30.5 Å². The second-order valence-electron chi connectivity index (χ2n) is 4.01. The van der Waals surface area contributed by atoms with E-state index in [1.807, 2.05) is 31.2 Å². The van der Waals surface area contributed by atoms with Crippen LogP contribution in [-0.4, -0.2) is 17.9 Å². The topological polar surface area (TPSA) is 39.2 Å². The molecule has 0 unspecified atom stereocenters. The molecule has 0 amide bonds. The second-order valence-corrected chi connectivity index (χ2v) is 5.25. The smallest absolute Gasteiger partial charge is 0.174 e. The highest BCUT2D eigenvalue weighted by molar-refractivity contribution is 7.13. The van der Waals surface area contributed by atoms with Crippen molar-refractivity contribution in [1.82, 2.24) is 4.98 Å². The summed E-state index contributed by atoms with van der Waals surface area (Å²) >= 11 is 1.46. The van der Waals surface area contributed by atoms with Crippen molar-refractivity contribution in [2.24, 2.45) is 0 Å². The third kappa shape index (κ3) is 3.17. The fourth-order valence-corrected chi connectivity index (χ4v) is 2.41. The van der Waals surface area contributed by atoms with Crippen LogP contribution in [0.25, 0.3) is 0 Å². The first-order valence-electron chi connectivity index (χ1n) is 5.77. The van der Waals surface area contributed by atoms with E-state index in [9.17, 15) is 4.79 Å². The molecule has 2 aromatic rings. The number of hydrogen-bond donors (Lipinski definition) is 0. The lowest BCUT2D eigenvalue weighted by atomic mass is 10.1. The third-order valence-corrected chi connectivity index (χ3v) is 3.65. The monoisotopic (exact) mass is 261 g/mol. The summed E-state index contributed by atoms with van der Waals surface area (Å²) in [6, 6.07) is 7.81. The molecule has 0 fully saturated rings. The largest absolute Gasteiger partial charge is 0.497 e. The average molecular weight is 261 g/mol. The van der Waals surface area contributed by atoms with Crippen molar-refractivity contribution < 1.29 is 9.53 Å². The molecule has 0 aliphatic carbocycles. The molecule has 0 saturated carbocycles. The van der Waals surface area contributed by atoms with Gasteiger partial charge in [0.2, 0.25) is 0 Å². The van der Waals surface area contributed by atoms with Gasteiger partial charge in [-0.05, 0) is 31.0 Å². The second kappa shape index (κ2) is 5.78. The zero-order chi connectivity index (χ0) is 13.0. The first-order chi connectivity index (χ1) is 8.69. The Bertz CT molecular complexity index is 531. The van der Waals surface area contributed by atoms with Gasteiger partial charge in [-0.3, -0.25) is 4.79 Å². The number of hydrogen-bond acceptors (Lipinski definition) is 4. The number of Topliss-reactive ketones (excluding diaryl/α,β-unsaturated/α-hetero) is 1.